The van der Waals surface area contributed by atoms with Crippen molar-refractivity contribution in [3.8, 4) is 0 Å². The van der Waals surface area contributed by atoms with Gasteiger partial charge < -0.3 is 19.6 Å². The van der Waals surface area contributed by atoms with Gasteiger partial charge in [0.25, 0.3) is 0 Å². The molecule has 1 saturated carbocycles. The van der Waals surface area contributed by atoms with Crippen molar-refractivity contribution >= 4 is 47.0 Å². The van der Waals surface area contributed by atoms with E-state index in [0.29, 0.717) is 11.0 Å². The van der Waals surface area contributed by atoms with E-state index in [1.807, 2.05) is 27.0 Å². The van der Waals surface area contributed by atoms with Crippen LogP contribution in [-0.4, -0.2) is 69.4 Å². The lowest BCUT2D eigenvalue weighted by molar-refractivity contribution is -0.157. The molecule has 9 nitrogen and oxygen atoms in total. The quantitative estimate of drug-likeness (QED) is 0.261. The van der Waals surface area contributed by atoms with Gasteiger partial charge in [-0.2, -0.15) is 0 Å². The van der Waals surface area contributed by atoms with Gasteiger partial charge in [0.1, 0.15) is 23.1 Å². The van der Waals surface area contributed by atoms with Gasteiger partial charge in [0.2, 0.25) is 5.91 Å². The Labute approximate surface area is 203 Å². The van der Waals surface area contributed by atoms with Gasteiger partial charge in [-0.15, -0.1) is 0 Å². The minimum Gasteiger partial charge on any atom is -0.480 e. The predicted octanol–water partition coefficient (Wildman–Crippen LogP) is 3.45. The van der Waals surface area contributed by atoms with Crippen molar-refractivity contribution < 1.29 is 24.2 Å². The molecule has 0 bridgehead atoms. The van der Waals surface area contributed by atoms with E-state index in [-0.39, 0.29) is 36.8 Å². The zero-order valence-electron chi connectivity index (χ0n) is 19.4. The third-order valence-electron chi connectivity index (χ3n) is 6.14. The Hall–Kier alpha value is -2.07. The predicted molar refractivity (Wildman–Crippen MR) is 125 cm³/mol. The fraction of sp³-hybridized carbons (Fsp3) is 0.682. The van der Waals surface area contributed by atoms with Crippen molar-refractivity contribution in [1.29, 1.82) is 0 Å². The van der Waals surface area contributed by atoms with E-state index in [0.717, 1.165) is 25.7 Å². The second-order valence-electron chi connectivity index (χ2n) is 9.58. The number of hydrogen-bond acceptors (Lipinski definition) is 8. The van der Waals surface area contributed by atoms with Crippen molar-refractivity contribution in [3.05, 3.63) is 11.2 Å². The average molecular weight is 499 g/mol. The molecule has 3 rings (SSSR count). The van der Waals surface area contributed by atoms with Gasteiger partial charge in [0.05, 0.1) is 25.6 Å². The normalized spacial score (nSPS) is 20.2. The van der Waals surface area contributed by atoms with Gasteiger partial charge >= 0.3 is 11.9 Å². The third-order valence-corrected chi connectivity index (χ3v) is 6.88. The lowest BCUT2D eigenvalue weighted by atomic mass is 9.77. The summed E-state index contributed by atoms with van der Waals surface area (Å²) in [7, 11) is 0. The van der Waals surface area contributed by atoms with Gasteiger partial charge in [0.15, 0.2) is 5.16 Å². The topological polar surface area (TPSA) is 113 Å². The first-order valence-electron chi connectivity index (χ1n) is 11.1. The fourth-order valence-corrected chi connectivity index (χ4v) is 4.86. The number of amides is 1. The minimum absolute atomic E-state index is 0.0290. The number of halogens is 1. The number of rotatable bonds is 7. The molecule has 1 aromatic heterocycles. The third kappa shape index (κ3) is 6.29. The van der Waals surface area contributed by atoms with Crippen LogP contribution in [0.4, 0.5) is 5.82 Å². The molecule has 1 aliphatic carbocycles. The number of nitrogens with zero attached hydrogens (tertiary/aromatic N) is 4. The number of aliphatic carboxylic acids is 1. The number of carbonyl (C=O) groups is 3. The lowest BCUT2D eigenvalue weighted by Gasteiger charge is -2.33. The number of hydrogen-bond donors (Lipinski definition) is 1. The van der Waals surface area contributed by atoms with Crippen LogP contribution in [0.15, 0.2) is 11.2 Å². The van der Waals surface area contributed by atoms with Crippen LogP contribution in [0.25, 0.3) is 0 Å². The molecule has 0 radical (unpaired) electrons. The molecule has 2 fully saturated rings. The number of aromatic nitrogens is 2. The number of carboxylic acid groups (broad SMARTS) is 1. The average Bonchev–Trinajstić information content (AvgIpc) is 3.40. The van der Waals surface area contributed by atoms with Crippen molar-refractivity contribution in [3.63, 3.8) is 0 Å². The Bertz CT molecular complexity index is 903. The Morgan fingerprint density at radius 1 is 1.27 bits per heavy atom. The van der Waals surface area contributed by atoms with Gasteiger partial charge in [-0.25, -0.2) is 14.8 Å². The lowest BCUT2D eigenvalue weighted by Crippen LogP contribution is -2.48. The number of ether oxygens (including phenoxy) is 1. The molecule has 1 aromatic rings. The summed E-state index contributed by atoms with van der Waals surface area (Å²) in [5.41, 5.74) is -0.563. The Morgan fingerprint density at radius 3 is 2.52 bits per heavy atom. The molecule has 1 N–H and O–H groups in total. The number of carbonyl (C=O) groups excluding carboxylic acids is 2. The van der Waals surface area contributed by atoms with E-state index in [9.17, 15) is 19.5 Å². The van der Waals surface area contributed by atoms with Crippen LogP contribution in [0.5, 0.6) is 0 Å². The van der Waals surface area contributed by atoms with E-state index in [1.54, 1.807) is 11.0 Å². The van der Waals surface area contributed by atoms with Crippen molar-refractivity contribution in [2.24, 2.45) is 11.3 Å². The highest BCUT2D eigenvalue weighted by Crippen LogP contribution is 2.34. The first-order chi connectivity index (χ1) is 15.5. The van der Waals surface area contributed by atoms with Crippen LogP contribution >= 0.6 is 23.4 Å². The van der Waals surface area contributed by atoms with Crippen LogP contribution in [0, 0.1) is 11.3 Å². The molecule has 2 aliphatic rings. The molecule has 33 heavy (non-hydrogen) atoms. The molecular formula is C22H31ClN4O5S. The number of thioether (sulfide) groups is 1. The molecule has 0 spiro atoms. The summed E-state index contributed by atoms with van der Waals surface area (Å²) in [6.45, 7) is 5.71. The molecule has 0 aromatic carbocycles. The summed E-state index contributed by atoms with van der Waals surface area (Å²) >= 11 is 7.42. The van der Waals surface area contributed by atoms with Crippen LogP contribution < -0.4 is 4.90 Å². The van der Waals surface area contributed by atoms with Gasteiger partial charge in [-0.05, 0) is 37.4 Å². The Morgan fingerprint density at radius 2 is 1.94 bits per heavy atom. The van der Waals surface area contributed by atoms with Gasteiger partial charge in [-0.3, -0.25) is 9.59 Å². The zero-order valence-corrected chi connectivity index (χ0v) is 21.0. The van der Waals surface area contributed by atoms with E-state index in [4.69, 9.17) is 16.3 Å². The first-order valence-corrected chi connectivity index (χ1v) is 12.7. The van der Waals surface area contributed by atoms with Crippen LogP contribution in [0.1, 0.15) is 52.9 Å². The summed E-state index contributed by atoms with van der Waals surface area (Å²) < 4.78 is 5.58. The number of anilines is 1. The molecule has 1 aliphatic heterocycles. The molecule has 1 saturated heterocycles. The highest BCUT2D eigenvalue weighted by molar-refractivity contribution is 7.98. The zero-order chi connectivity index (χ0) is 24.3. The van der Waals surface area contributed by atoms with E-state index in [2.05, 4.69) is 9.97 Å². The fourth-order valence-electron chi connectivity index (χ4n) is 4.26. The molecule has 0 unspecified atom stereocenters. The van der Waals surface area contributed by atoms with Crippen LogP contribution in [0.2, 0.25) is 5.15 Å². The molecule has 2 heterocycles. The maximum absolute atomic E-state index is 13.6. The summed E-state index contributed by atoms with van der Waals surface area (Å²) in [4.78, 5) is 49.8. The van der Waals surface area contributed by atoms with Crippen molar-refractivity contribution in [2.75, 3.05) is 24.4 Å². The second-order valence-corrected chi connectivity index (χ2v) is 10.7. The molecule has 1 amide bonds. The summed E-state index contributed by atoms with van der Waals surface area (Å²) in [6, 6.07) is 0.480. The van der Waals surface area contributed by atoms with Crippen LogP contribution in [0.3, 0.4) is 0 Å². The maximum Gasteiger partial charge on any atom is 0.328 e. The minimum atomic E-state index is -1.11. The maximum atomic E-state index is 13.6. The number of esters is 1. The highest BCUT2D eigenvalue weighted by Gasteiger charge is 2.45. The van der Waals surface area contributed by atoms with E-state index >= 15 is 0 Å². The van der Waals surface area contributed by atoms with Crippen molar-refractivity contribution in [1.82, 2.24) is 14.9 Å². The second kappa shape index (κ2) is 10.5. The SMILES string of the molecule is CSc1nc(Cl)cc(N2C[C@@H](C(=O)O)N(C(=O)[C@@H](CC(=O)OC3CCCC3)C(C)(C)C)C2)n1. The van der Waals surface area contributed by atoms with E-state index < -0.39 is 29.3 Å². The standard InChI is InChI=1S/C22H31ClN4O5S/c1-22(2,3)14(9-18(28)32-13-7-5-6-8-13)19(29)27-12-26(11-15(27)20(30)31)17-10-16(23)24-21(25-17)33-4/h10,13-15H,5-9,11-12H2,1-4H3,(H,30,31)/t14-,15+/m1/s1. The Kier molecular flexibility index (Phi) is 8.10. The van der Waals surface area contributed by atoms with Gasteiger partial charge in [-0.1, -0.05) is 44.1 Å². The van der Waals surface area contributed by atoms with Crippen LogP contribution in [-0.2, 0) is 19.1 Å². The molecule has 2 atom stereocenters. The highest BCUT2D eigenvalue weighted by atomic mass is 35.5. The Balaban J connectivity index is 1.80. The number of carboxylic acids is 1. The molecule has 182 valence electrons. The smallest absolute Gasteiger partial charge is 0.328 e. The van der Waals surface area contributed by atoms with Gasteiger partial charge in [0, 0.05) is 6.07 Å². The molecule has 11 heteroatoms. The first kappa shape index (κ1) is 25.6. The largest absolute Gasteiger partial charge is 0.480 e. The summed E-state index contributed by atoms with van der Waals surface area (Å²) in [6.07, 6.45) is 5.41. The van der Waals surface area contributed by atoms with E-state index in [1.165, 1.54) is 16.7 Å². The molecular weight excluding hydrogens is 468 g/mol. The monoisotopic (exact) mass is 498 g/mol. The summed E-state index contributed by atoms with van der Waals surface area (Å²) in [5, 5.41) is 10.5. The summed E-state index contributed by atoms with van der Waals surface area (Å²) in [5.74, 6) is -2.17. The van der Waals surface area contributed by atoms with Crippen molar-refractivity contribution in [2.45, 2.75) is 70.2 Å².